The van der Waals surface area contributed by atoms with Crippen LogP contribution in [0.3, 0.4) is 0 Å². The fourth-order valence-corrected chi connectivity index (χ4v) is 2.14. The van der Waals surface area contributed by atoms with Crippen molar-refractivity contribution in [1.29, 1.82) is 0 Å². The van der Waals surface area contributed by atoms with Gasteiger partial charge in [0, 0.05) is 18.2 Å². The number of rotatable bonds is 4. The highest BCUT2D eigenvalue weighted by Crippen LogP contribution is 2.48. The lowest BCUT2D eigenvalue weighted by Crippen LogP contribution is -2.22. The van der Waals surface area contributed by atoms with Crippen molar-refractivity contribution in [3.05, 3.63) is 23.5 Å². The van der Waals surface area contributed by atoms with Crippen molar-refractivity contribution in [3.8, 4) is 0 Å². The molecule has 88 valence electrons. The van der Waals surface area contributed by atoms with Crippen LogP contribution in [-0.4, -0.2) is 24.3 Å². The first kappa shape index (κ1) is 11.2. The maximum Gasteiger partial charge on any atom is 0.354 e. The monoisotopic (exact) mass is 224 g/mol. The van der Waals surface area contributed by atoms with Gasteiger partial charge in [-0.15, -0.1) is 0 Å². The van der Waals surface area contributed by atoms with Crippen LogP contribution in [0.1, 0.15) is 29.0 Å². The number of carbonyl (C=O) groups excluding carboxylic acids is 1. The van der Waals surface area contributed by atoms with E-state index in [-0.39, 0.29) is 11.4 Å². The van der Waals surface area contributed by atoms with E-state index >= 15 is 0 Å². The number of hydrogen-bond acceptors (Lipinski definition) is 4. The van der Waals surface area contributed by atoms with Gasteiger partial charge in [-0.2, -0.15) is 0 Å². The van der Waals surface area contributed by atoms with E-state index in [0.717, 1.165) is 18.5 Å². The maximum absolute atomic E-state index is 11.5. The van der Waals surface area contributed by atoms with Crippen LogP contribution in [0.4, 0.5) is 0 Å². The average molecular weight is 224 g/mol. The SMILES string of the molecule is COC(=O)c1ccc(C2(CON)CC2)n1C. The van der Waals surface area contributed by atoms with Gasteiger partial charge in [-0.05, 0) is 25.0 Å². The Morgan fingerprint density at radius 3 is 2.75 bits per heavy atom. The van der Waals surface area contributed by atoms with Gasteiger partial charge in [0.05, 0.1) is 13.7 Å². The van der Waals surface area contributed by atoms with Crippen LogP contribution in [-0.2, 0) is 22.0 Å². The van der Waals surface area contributed by atoms with Crippen LogP contribution >= 0.6 is 0 Å². The molecule has 5 heteroatoms. The molecular formula is C11H16N2O3. The third kappa shape index (κ3) is 1.62. The zero-order chi connectivity index (χ0) is 11.8. The molecule has 0 aromatic carbocycles. The van der Waals surface area contributed by atoms with Crippen LogP contribution in [0.15, 0.2) is 12.1 Å². The molecule has 0 radical (unpaired) electrons. The second kappa shape index (κ2) is 3.92. The molecular weight excluding hydrogens is 208 g/mol. The first-order valence-electron chi connectivity index (χ1n) is 5.21. The summed E-state index contributed by atoms with van der Waals surface area (Å²) in [6.45, 7) is 0.492. The summed E-state index contributed by atoms with van der Waals surface area (Å²) in [5.74, 6) is 4.81. The summed E-state index contributed by atoms with van der Waals surface area (Å²) in [7, 11) is 3.24. The number of aromatic nitrogens is 1. The molecule has 1 aliphatic rings. The lowest BCUT2D eigenvalue weighted by molar-refractivity contribution is 0.0588. The fourth-order valence-electron chi connectivity index (χ4n) is 2.14. The van der Waals surface area contributed by atoms with E-state index in [0.29, 0.717) is 12.3 Å². The fraction of sp³-hybridized carbons (Fsp3) is 0.545. The summed E-state index contributed by atoms with van der Waals surface area (Å²) in [5, 5.41) is 0. The first-order chi connectivity index (χ1) is 7.64. The Labute approximate surface area is 94.1 Å². The molecule has 2 rings (SSSR count). The predicted molar refractivity (Wildman–Crippen MR) is 57.8 cm³/mol. The number of nitrogens with two attached hydrogens (primary N) is 1. The highest BCUT2D eigenvalue weighted by atomic mass is 16.6. The predicted octanol–water partition coefficient (Wildman–Crippen LogP) is 0.734. The van der Waals surface area contributed by atoms with E-state index in [1.807, 2.05) is 17.7 Å². The minimum absolute atomic E-state index is 0.00420. The molecule has 0 amide bonds. The van der Waals surface area contributed by atoms with Crippen LogP contribution in [0.25, 0.3) is 0 Å². The normalized spacial score (nSPS) is 17.2. The maximum atomic E-state index is 11.5. The minimum Gasteiger partial charge on any atom is -0.464 e. The van der Waals surface area contributed by atoms with Gasteiger partial charge < -0.3 is 14.1 Å². The summed E-state index contributed by atoms with van der Waals surface area (Å²) in [4.78, 5) is 16.2. The van der Waals surface area contributed by atoms with Gasteiger partial charge in [0.2, 0.25) is 0 Å². The van der Waals surface area contributed by atoms with E-state index < -0.39 is 0 Å². The minimum atomic E-state index is -0.321. The quantitative estimate of drug-likeness (QED) is 0.605. The van der Waals surface area contributed by atoms with Crippen LogP contribution in [0.5, 0.6) is 0 Å². The third-order valence-electron chi connectivity index (χ3n) is 3.27. The van der Waals surface area contributed by atoms with Crippen molar-refractivity contribution >= 4 is 5.97 Å². The molecule has 1 heterocycles. The summed E-state index contributed by atoms with van der Waals surface area (Å²) in [6, 6.07) is 3.72. The molecule has 5 nitrogen and oxygen atoms in total. The van der Waals surface area contributed by atoms with Crippen LogP contribution < -0.4 is 5.90 Å². The number of esters is 1. The van der Waals surface area contributed by atoms with E-state index in [1.54, 1.807) is 6.07 Å². The summed E-state index contributed by atoms with van der Waals surface area (Å²) >= 11 is 0. The molecule has 1 saturated carbocycles. The Bertz CT molecular complexity index is 407. The molecule has 16 heavy (non-hydrogen) atoms. The zero-order valence-corrected chi connectivity index (χ0v) is 9.53. The Hall–Kier alpha value is -1.33. The molecule has 2 N–H and O–H groups in total. The smallest absolute Gasteiger partial charge is 0.354 e. The summed E-state index contributed by atoms with van der Waals surface area (Å²) in [5.41, 5.74) is 1.63. The lowest BCUT2D eigenvalue weighted by atomic mass is 10.0. The van der Waals surface area contributed by atoms with E-state index in [4.69, 9.17) is 15.5 Å². The van der Waals surface area contributed by atoms with Gasteiger partial charge in [-0.25, -0.2) is 10.7 Å². The Morgan fingerprint density at radius 1 is 1.56 bits per heavy atom. The Morgan fingerprint density at radius 2 is 2.25 bits per heavy atom. The standard InChI is InChI=1S/C11H16N2O3/c1-13-8(10(14)15-2)3-4-9(13)11(5-6-11)7-16-12/h3-4H,5-7,12H2,1-2H3. The molecule has 0 bridgehead atoms. The molecule has 0 unspecified atom stereocenters. The van der Waals surface area contributed by atoms with Crippen molar-refractivity contribution in [3.63, 3.8) is 0 Å². The zero-order valence-electron chi connectivity index (χ0n) is 9.53. The van der Waals surface area contributed by atoms with Gasteiger partial charge in [0.15, 0.2) is 0 Å². The Kier molecular flexibility index (Phi) is 2.73. The Balaban J connectivity index is 2.30. The van der Waals surface area contributed by atoms with Crippen molar-refractivity contribution in [2.45, 2.75) is 18.3 Å². The van der Waals surface area contributed by atoms with E-state index in [9.17, 15) is 4.79 Å². The second-order valence-corrected chi connectivity index (χ2v) is 4.25. The lowest BCUT2D eigenvalue weighted by Gasteiger charge is -2.15. The third-order valence-corrected chi connectivity index (χ3v) is 3.27. The highest BCUT2D eigenvalue weighted by Gasteiger charge is 2.46. The molecule has 1 aromatic heterocycles. The molecule has 0 saturated heterocycles. The molecule has 1 aromatic rings. The molecule has 0 aliphatic heterocycles. The van der Waals surface area contributed by atoms with Crippen molar-refractivity contribution in [1.82, 2.24) is 4.57 Å². The number of hydrogen-bond donors (Lipinski definition) is 1. The number of carbonyl (C=O) groups is 1. The van der Waals surface area contributed by atoms with Gasteiger partial charge in [-0.3, -0.25) is 0 Å². The largest absolute Gasteiger partial charge is 0.464 e. The second-order valence-electron chi connectivity index (χ2n) is 4.25. The van der Waals surface area contributed by atoms with Crippen LogP contribution in [0.2, 0.25) is 0 Å². The molecule has 0 spiro atoms. The molecule has 0 atom stereocenters. The molecule has 1 aliphatic carbocycles. The topological polar surface area (TPSA) is 66.5 Å². The molecule has 1 fully saturated rings. The van der Waals surface area contributed by atoms with Gasteiger partial charge >= 0.3 is 5.97 Å². The van der Waals surface area contributed by atoms with Crippen molar-refractivity contribution < 1.29 is 14.4 Å². The van der Waals surface area contributed by atoms with Gasteiger partial charge in [0.25, 0.3) is 0 Å². The van der Waals surface area contributed by atoms with E-state index in [1.165, 1.54) is 7.11 Å². The summed E-state index contributed by atoms with van der Waals surface area (Å²) < 4.78 is 6.57. The number of nitrogens with zero attached hydrogens (tertiary/aromatic N) is 1. The average Bonchev–Trinajstić information content (AvgIpc) is 2.94. The number of methoxy groups -OCH3 is 1. The van der Waals surface area contributed by atoms with E-state index in [2.05, 4.69) is 0 Å². The van der Waals surface area contributed by atoms with Gasteiger partial charge in [-0.1, -0.05) is 0 Å². The van der Waals surface area contributed by atoms with Crippen molar-refractivity contribution in [2.24, 2.45) is 12.9 Å². The highest BCUT2D eigenvalue weighted by molar-refractivity contribution is 5.87. The van der Waals surface area contributed by atoms with Crippen molar-refractivity contribution in [2.75, 3.05) is 13.7 Å². The summed E-state index contributed by atoms with van der Waals surface area (Å²) in [6.07, 6.45) is 2.09. The van der Waals surface area contributed by atoms with Crippen LogP contribution in [0, 0.1) is 0 Å². The first-order valence-corrected chi connectivity index (χ1v) is 5.21. The number of ether oxygens (including phenoxy) is 1. The van der Waals surface area contributed by atoms with Gasteiger partial charge in [0.1, 0.15) is 5.69 Å².